The molecule has 0 bridgehead atoms. The Balaban J connectivity index is 3.03. The van der Waals surface area contributed by atoms with Crippen LogP contribution < -0.4 is 5.73 Å². The summed E-state index contributed by atoms with van der Waals surface area (Å²) in [5.41, 5.74) is 5.55. The Morgan fingerprint density at radius 1 is 1.20 bits per heavy atom. The van der Waals surface area contributed by atoms with Crippen LogP contribution in [-0.4, -0.2) is 58.4 Å². The van der Waals surface area contributed by atoms with E-state index in [1.165, 1.54) is 36.7 Å². The maximum absolute atomic E-state index is 12.5. The van der Waals surface area contributed by atoms with Gasteiger partial charge in [-0.25, -0.2) is 8.42 Å². The first-order valence-corrected chi connectivity index (χ1v) is 7.44. The highest BCUT2D eigenvalue weighted by atomic mass is 32.2. The summed E-state index contributed by atoms with van der Waals surface area (Å²) in [5.74, 6) is -0.149. The van der Waals surface area contributed by atoms with Gasteiger partial charge >= 0.3 is 0 Å². The van der Waals surface area contributed by atoms with Crippen LogP contribution in [0.25, 0.3) is 0 Å². The van der Waals surface area contributed by atoms with E-state index in [0.717, 1.165) is 0 Å². The second-order valence-corrected chi connectivity index (χ2v) is 6.05. The molecule has 0 amide bonds. The molecule has 1 aromatic carbocycles. The molecule has 20 heavy (non-hydrogen) atoms. The molecule has 0 atom stereocenters. The van der Waals surface area contributed by atoms with Gasteiger partial charge in [0.25, 0.3) is 0 Å². The molecule has 0 saturated carbocycles. The average Bonchev–Trinajstić information content (AvgIpc) is 2.41. The van der Waals surface area contributed by atoms with Crippen molar-refractivity contribution >= 4 is 15.7 Å². The van der Waals surface area contributed by atoms with Crippen LogP contribution in [0.5, 0.6) is 5.75 Å². The minimum Gasteiger partial charge on any atom is -0.506 e. The Morgan fingerprint density at radius 3 is 2.20 bits per heavy atom. The maximum atomic E-state index is 12.5. The number of ether oxygens (including phenoxy) is 2. The minimum absolute atomic E-state index is 0.0181. The minimum atomic E-state index is -3.70. The van der Waals surface area contributed by atoms with E-state index in [1.807, 2.05) is 0 Å². The summed E-state index contributed by atoms with van der Waals surface area (Å²) in [6.45, 7) is 0.971. The summed E-state index contributed by atoms with van der Waals surface area (Å²) >= 11 is 0. The normalized spacial score (nSPS) is 11.9. The number of nitrogens with two attached hydrogens (primary N) is 1. The van der Waals surface area contributed by atoms with Crippen molar-refractivity contribution in [2.45, 2.75) is 4.90 Å². The van der Waals surface area contributed by atoms with Gasteiger partial charge in [0, 0.05) is 27.3 Å². The molecule has 0 aliphatic carbocycles. The van der Waals surface area contributed by atoms with E-state index in [-0.39, 0.29) is 42.6 Å². The van der Waals surface area contributed by atoms with Crippen molar-refractivity contribution in [3.63, 3.8) is 0 Å². The van der Waals surface area contributed by atoms with Gasteiger partial charge in [-0.15, -0.1) is 0 Å². The summed E-state index contributed by atoms with van der Waals surface area (Å²) in [6, 6.07) is 3.80. The number of aromatic hydroxyl groups is 1. The molecule has 7 nitrogen and oxygen atoms in total. The number of hydrogen-bond acceptors (Lipinski definition) is 6. The molecule has 0 aliphatic heterocycles. The van der Waals surface area contributed by atoms with Crippen LogP contribution in [0.15, 0.2) is 23.1 Å². The molecule has 0 unspecified atom stereocenters. The number of methoxy groups -OCH3 is 2. The molecule has 1 aromatic rings. The van der Waals surface area contributed by atoms with E-state index < -0.39 is 10.0 Å². The molecule has 1 rings (SSSR count). The third-order valence-electron chi connectivity index (χ3n) is 2.73. The summed E-state index contributed by atoms with van der Waals surface area (Å²) in [5, 5.41) is 9.36. The smallest absolute Gasteiger partial charge is 0.243 e. The monoisotopic (exact) mass is 304 g/mol. The quantitative estimate of drug-likeness (QED) is 0.527. The van der Waals surface area contributed by atoms with Gasteiger partial charge in [-0.3, -0.25) is 0 Å². The van der Waals surface area contributed by atoms with E-state index in [0.29, 0.717) is 0 Å². The predicted octanol–water partition coefficient (Wildman–Crippen LogP) is 0.258. The molecule has 3 N–H and O–H groups in total. The highest BCUT2D eigenvalue weighted by molar-refractivity contribution is 7.89. The van der Waals surface area contributed by atoms with Crippen molar-refractivity contribution in [3.8, 4) is 5.75 Å². The third-order valence-corrected chi connectivity index (χ3v) is 4.62. The van der Waals surface area contributed by atoms with Crippen molar-refractivity contribution in [1.29, 1.82) is 0 Å². The van der Waals surface area contributed by atoms with Crippen LogP contribution in [0.1, 0.15) is 0 Å². The Bertz CT molecular complexity index is 525. The molecule has 114 valence electrons. The Morgan fingerprint density at radius 2 is 1.75 bits per heavy atom. The van der Waals surface area contributed by atoms with Gasteiger partial charge in [0.2, 0.25) is 10.0 Å². The van der Waals surface area contributed by atoms with E-state index >= 15 is 0 Å². The van der Waals surface area contributed by atoms with Gasteiger partial charge in [-0.1, -0.05) is 0 Å². The van der Waals surface area contributed by atoms with E-state index in [9.17, 15) is 13.5 Å². The largest absolute Gasteiger partial charge is 0.506 e. The Kier molecular flexibility index (Phi) is 6.21. The lowest BCUT2D eigenvalue weighted by atomic mass is 10.3. The van der Waals surface area contributed by atoms with Gasteiger partial charge in [0.15, 0.2) is 0 Å². The Hall–Kier alpha value is -1.35. The van der Waals surface area contributed by atoms with E-state index in [2.05, 4.69) is 0 Å². The first-order valence-electron chi connectivity index (χ1n) is 6.00. The second kappa shape index (κ2) is 7.44. The van der Waals surface area contributed by atoms with Crippen molar-refractivity contribution in [2.75, 3.05) is 46.3 Å². The van der Waals surface area contributed by atoms with Gasteiger partial charge in [-0.05, 0) is 18.2 Å². The number of nitrogens with zero attached hydrogens (tertiary/aromatic N) is 1. The van der Waals surface area contributed by atoms with E-state index in [4.69, 9.17) is 15.2 Å². The zero-order valence-corrected chi connectivity index (χ0v) is 12.4. The van der Waals surface area contributed by atoms with Crippen molar-refractivity contribution < 1.29 is 23.0 Å². The van der Waals surface area contributed by atoms with Crippen molar-refractivity contribution in [1.82, 2.24) is 4.31 Å². The number of benzene rings is 1. The van der Waals surface area contributed by atoms with Crippen molar-refractivity contribution in [2.24, 2.45) is 0 Å². The standard InChI is InChI=1S/C12H20N2O5S/c1-18-7-5-14(6-8-19-2)20(16,17)10-3-4-12(15)11(13)9-10/h3-4,9,15H,5-8,13H2,1-2H3. The summed E-state index contributed by atoms with van der Waals surface area (Å²) in [4.78, 5) is 0.0278. The van der Waals surface area contributed by atoms with Gasteiger partial charge < -0.3 is 20.3 Å². The van der Waals surface area contributed by atoms with Crippen LogP contribution in [0.2, 0.25) is 0 Å². The topological polar surface area (TPSA) is 102 Å². The molecule has 8 heteroatoms. The number of nitrogen functional groups attached to an aromatic ring is 1. The second-order valence-electron chi connectivity index (χ2n) is 4.11. The lowest BCUT2D eigenvalue weighted by Crippen LogP contribution is -2.36. The molecular formula is C12H20N2O5S. The fraction of sp³-hybridized carbons (Fsp3) is 0.500. The van der Waals surface area contributed by atoms with Crippen molar-refractivity contribution in [3.05, 3.63) is 18.2 Å². The zero-order valence-electron chi connectivity index (χ0n) is 11.6. The number of anilines is 1. The third kappa shape index (κ3) is 4.07. The van der Waals surface area contributed by atoms with Gasteiger partial charge in [0.1, 0.15) is 5.75 Å². The number of phenolic OH excluding ortho intramolecular Hbond substituents is 1. The Labute approximate surface area is 119 Å². The molecule has 0 radical (unpaired) electrons. The summed E-state index contributed by atoms with van der Waals surface area (Å²) in [6.07, 6.45) is 0. The van der Waals surface area contributed by atoms with E-state index in [1.54, 1.807) is 0 Å². The molecule has 0 fully saturated rings. The first kappa shape index (κ1) is 16.7. The van der Waals surface area contributed by atoms with Crippen LogP contribution >= 0.6 is 0 Å². The molecule has 0 spiro atoms. The van der Waals surface area contributed by atoms with Gasteiger partial charge in [-0.2, -0.15) is 4.31 Å². The molecular weight excluding hydrogens is 284 g/mol. The fourth-order valence-corrected chi connectivity index (χ4v) is 3.02. The SMILES string of the molecule is COCCN(CCOC)S(=O)(=O)c1ccc(O)c(N)c1. The molecule has 0 aliphatic rings. The summed E-state index contributed by atoms with van der Waals surface area (Å²) in [7, 11) is -0.703. The number of sulfonamides is 1. The molecule has 0 aromatic heterocycles. The highest BCUT2D eigenvalue weighted by Crippen LogP contribution is 2.25. The lowest BCUT2D eigenvalue weighted by molar-refractivity contribution is 0.150. The predicted molar refractivity (Wildman–Crippen MR) is 75.0 cm³/mol. The number of hydrogen-bond donors (Lipinski definition) is 2. The first-order chi connectivity index (χ1) is 9.43. The molecule has 0 heterocycles. The van der Waals surface area contributed by atoms with Gasteiger partial charge in [0.05, 0.1) is 23.8 Å². The van der Waals surface area contributed by atoms with Crippen LogP contribution in [0.4, 0.5) is 5.69 Å². The highest BCUT2D eigenvalue weighted by Gasteiger charge is 2.24. The zero-order chi connectivity index (χ0) is 15.2. The summed E-state index contributed by atoms with van der Waals surface area (Å²) < 4.78 is 36.1. The van der Waals surface area contributed by atoms with Crippen LogP contribution in [-0.2, 0) is 19.5 Å². The van der Waals surface area contributed by atoms with Crippen LogP contribution in [0.3, 0.4) is 0 Å². The number of phenols is 1. The number of rotatable bonds is 8. The van der Waals surface area contributed by atoms with Crippen LogP contribution in [0, 0.1) is 0 Å². The fourth-order valence-electron chi connectivity index (χ4n) is 1.58. The maximum Gasteiger partial charge on any atom is 0.243 e. The molecule has 0 saturated heterocycles. The lowest BCUT2D eigenvalue weighted by Gasteiger charge is -2.21. The average molecular weight is 304 g/mol.